The summed E-state index contributed by atoms with van der Waals surface area (Å²) in [7, 11) is 2.98. The number of carbonyl (C=O) groups is 2. The van der Waals surface area contributed by atoms with Gasteiger partial charge in [-0.25, -0.2) is 0 Å². The van der Waals surface area contributed by atoms with Gasteiger partial charge < -0.3 is 24.6 Å². The van der Waals surface area contributed by atoms with Crippen molar-refractivity contribution in [2.45, 2.75) is 19.4 Å². The Hall–Kier alpha value is -2.12. The molecule has 0 aromatic heterocycles. The Morgan fingerprint density at radius 2 is 1.91 bits per heavy atom. The molecule has 0 radical (unpaired) electrons. The highest BCUT2D eigenvalue weighted by atomic mass is 16.5. The molecule has 0 amide bonds. The molecule has 1 aromatic rings. The highest BCUT2D eigenvalue weighted by molar-refractivity contribution is 6.02. The van der Waals surface area contributed by atoms with Gasteiger partial charge in [-0.1, -0.05) is 0 Å². The molecule has 1 rings (SSSR count). The first-order valence-corrected chi connectivity index (χ1v) is 7.33. The number of ketones is 1. The van der Waals surface area contributed by atoms with Crippen molar-refractivity contribution < 1.29 is 28.9 Å². The lowest BCUT2D eigenvalue weighted by atomic mass is 10.0. The minimum atomic E-state index is -0.778. The lowest BCUT2D eigenvalue weighted by Gasteiger charge is -2.17. The zero-order chi connectivity index (χ0) is 17.2. The fourth-order valence-electron chi connectivity index (χ4n) is 2.07. The summed E-state index contributed by atoms with van der Waals surface area (Å²) in [6.45, 7) is 2.00. The molecule has 0 fully saturated rings. The van der Waals surface area contributed by atoms with Gasteiger partial charge in [0, 0.05) is 12.1 Å². The molecular formula is C16H23NO6. The molecule has 23 heavy (non-hydrogen) atoms. The first kappa shape index (κ1) is 18.9. The average Bonchev–Trinajstić information content (AvgIpc) is 2.57. The van der Waals surface area contributed by atoms with Crippen LogP contribution in [0.25, 0.3) is 0 Å². The van der Waals surface area contributed by atoms with Crippen molar-refractivity contribution in [1.82, 2.24) is 5.32 Å². The van der Waals surface area contributed by atoms with Crippen LogP contribution in [0.1, 0.15) is 23.7 Å². The van der Waals surface area contributed by atoms with Crippen molar-refractivity contribution in [3.05, 3.63) is 23.8 Å². The summed E-state index contributed by atoms with van der Waals surface area (Å²) in [5, 5.41) is 11.8. The minimum Gasteiger partial charge on any atom is -0.493 e. The van der Waals surface area contributed by atoms with Gasteiger partial charge in [-0.15, -0.1) is 0 Å². The van der Waals surface area contributed by atoms with E-state index in [1.165, 1.54) is 14.2 Å². The van der Waals surface area contributed by atoms with Gasteiger partial charge in [0.2, 0.25) is 0 Å². The van der Waals surface area contributed by atoms with E-state index >= 15 is 0 Å². The van der Waals surface area contributed by atoms with Crippen LogP contribution in [-0.2, 0) is 9.53 Å². The summed E-state index contributed by atoms with van der Waals surface area (Å²) in [5.41, 5.74) is 0.377. The van der Waals surface area contributed by atoms with Crippen LogP contribution < -0.4 is 14.8 Å². The maximum Gasteiger partial charge on any atom is 0.307 e. The maximum absolute atomic E-state index is 12.6. The second-order valence-electron chi connectivity index (χ2n) is 4.67. The van der Waals surface area contributed by atoms with E-state index in [1.54, 1.807) is 25.1 Å². The molecule has 0 saturated carbocycles. The summed E-state index contributed by atoms with van der Waals surface area (Å²) in [5.74, 6) is 0.175. The predicted molar refractivity (Wildman–Crippen MR) is 84.0 cm³/mol. The first-order valence-electron chi connectivity index (χ1n) is 7.33. The van der Waals surface area contributed by atoms with Crippen LogP contribution in [0.15, 0.2) is 18.2 Å². The van der Waals surface area contributed by atoms with Crippen LogP contribution in [0.2, 0.25) is 0 Å². The monoisotopic (exact) mass is 325 g/mol. The molecule has 1 aromatic carbocycles. The number of rotatable bonds is 10. The Bertz CT molecular complexity index is 531. The summed E-state index contributed by atoms with van der Waals surface area (Å²) in [6, 6.07) is 4.00. The van der Waals surface area contributed by atoms with Crippen LogP contribution in [0.3, 0.4) is 0 Å². The van der Waals surface area contributed by atoms with Crippen LogP contribution in [0.5, 0.6) is 11.5 Å². The van der Waals surface area contributed by atoms with Crippen LogP contribution in [0, 0.1) is 0 Å². The fraction of sp³-hybridized carbons (Fsp3) is 0.500. The summed E-state index contributed by atoms with van der Waals surface area (Å²) >= 11 is 0. The number of nitrogens with one attached hydrogen (secondary N) is 1. The van der Waals surface area contributed by atoms with Gasteiger partial charge in [0.05, 0.1) is 39.9 Å². The molecule has 0 spiro atoms. The third-order valence-electron chi connectivity index (χ3n) is 3.16. The number of methoxy groups -OCH3 is 2. The van der Waals surface area contributed by atoms with Crippen LogP contribution >= 0.6 is 0 Å². The molecule has 7 heteroatoms. The second kappa shape index (κ2) is 9.81. The van der Waals surface area contributed by atoms with Gasteiger partial charge in [0.25, 0.3) is 0 Å². The van der Waals surface area contributed by atoms with Crippen molar-refractivity contribution in [2.75, 3.05) is 34.0 Å². The third-order valence-corrected chi connectivity index (χ3v) is 3.16. The van der Waals surface area contributed by atoms with E-state index in [2.05, 4.69) is 5.32 Å². The fourth-order valence-corrected chi connectivity index (χ4v) is 2.07. The molecule has 0 heterocycles. The molecule has 0 bridgehead atoms. The van der Waals surface area contributed by atoms with Gasteiger partial charge in [-0.3, -0.25) is 9.59 Å². The van der Waals surface area contributed by atoms with Crippen molar-refractivity contribution >= 4 is 11.8 Å². The maximum atomic E-state index is 12.6. The Morgan fingerprint density at radius 3 is 2.48 bits per heavy atom. The van der Waals surface area contributed by atoms with E-state index in [9.17, 15) is 9.59 Å². The van der Waals surface area contributed by atoms with Gasteiger partial charge in [-0.05, 0) is 25.1 Å². The molecule has 128 valence electrons. The van der Waals surface area contributed by atoms with E-state index in [0.717, 1.165) is 0 Å². The van der Waals surface area contributed by atoms with E-state index in [4.69, 9.17) is 19.3 Å². The number of esters is 1. The van der Waals surface area contributed by atoms with E-state index < -0.39 is 12.0 Å². The number of hydrogen-bond acceptors (Lipinski definition) is 7. The number of hydrogen-bond donors (Lipinski definition) is 2. The number of benzene rings is 1. The zero-order valence-electron chi connectivity index (χ0n) is 13.6. The molecule has 0 saturated heterocycles. The van der Waals surface area contributed by atoms with E-state index in [0.29, 0.717) is 17.1 Å². The van der Waals surface area contributed by atoms with Crippen molar-refractivity contribution in [3.8, 4) is 11.5 Å². The lowest BCUT2D eigenvalue weighted by molar-refractivity contribution is -0.143. The van der Waals surface area contributed by atoms with Gasteiger partial charge in [-0.2, -0.15) is 0 Å². The minimum absolute atomic E-state index is 0.110. The molecular weight excluding hydrogens is 302 g/mol. The number of aliphatic hydroxyl groups excluding tert-OH is 1. The highest BCUT2D eigenvalue weighted by Gasteiger charge is 2.24. The van der Waals surface area contributed by atoms with E-state index in [-0.39, 0.29) is 32.0 Å². The number of Topliss-reactive ketones (excluding diaryl/α,β-unsaturated/α-hetero) is 1. The largest absolute Gasteiger partial charge is 0.493 e. The van der Waals surface area contributed by atoms with Gasteiger partial charge in [0.1, 0.15) is 0 Å². The Labute approximate surface area is 135 Å². The van der Waals surface area contributed by atoms with Crippen molar-refractivity contribution in [2.24, 2.45) is 0 Å². The summed E-state index contributed by atoms with van der Waals surface area (Å²) in [6.07, 6.45) is -0.110. The molecule has 1 atom stereocenters. The second-order valence-corrected chi connectivity index (χ2v) is 4.67. The Kier molecular flexibility index (Phi) is 8.07. The summed E-state index contributed by atoms with van der Waals surface area (Å²) < 4.78 is 15.2. The standard InChI is InChI=1S/C16H23NO6/c1-4-23-15(19)10-12(17-7-8-18)16(20)11-5-6-13(21-2)14(9-11)22-3/h5-6,9,12,17-18H,4,7-8,10H2,1-3H3. The highest BCUT2D eigenvalue weighted by Crippen LogP contribution is 2.28. The van der Waals surface area contributed by atoms with Crippen molar-refractivity contribution in [3.63, 3.8) is 0 Å². The van der Waals surface area contributed by atoms with Crippen LogP contribution in [-0.4, -0.2) is 56.9 Å². The molecule has 0 aliphatic heterocycles. The Balaban J connectivity index is 2.96. The van der Waals surface area contributed by atoms with Crippen LogP contribution in [0.4, 0.5) is 0 Å². The van der Waals surface area contributed by atoms with E-state index in [1.807, 2.05) is 0 Å². The number of ether oxygens (including phenoxy) is 3. The molecule has 0 aliphatic carbocycles. The SMILES string of the molecule is CCOC(=O)CC(NCCO)C(=O)c1ccc(OC)c(OC)c1. The van der Waals surface area contributed by atoms with Gasteiger partial charge >= 0.3 is 5.97 Å². The first-order chi connectivity index (χ1) is 11.1. The molecule has 7 nitrogen and oxygen atoms in total. The quantitative estimate of drug-likeness (QED) is 0.485. The Morgan fingerprint density at radius 1 is 1.22 bits per heavy atom. The average molecular weight is 325 g/mol. The number of carbonyl (C=O) groups excluding carboxylic acids is 2. The topological polar surface area (TPSA) is 94.1 Å². The zero-order valence-corrected chi connectivity index (χ0v) is 13.6. The molecule has 1 unspecified atom stereocenters. The summed E-state index contributed by atoms with van der Waals surface area (Å²) in [4.78, 5) is 24.3. The van der Waals surface area contributed by atoms with Gasteiger partial charge in [0.15, 0.2) is 17.3 Å². The smallest absolute Gasteiger partial charge is 0.307 e. The molecule has 0 aliphatic rings. The normalized spacial score (nSPS) is 11.7. The third kappa shape index (κ3) is 5.54. The lowest BCUT2D eigenvalue weighted by Crippen LogP contribution is -2.40. The number of aliphatic hydroxyl groups is 1. The predicted octanol–water partition coefficient (Wildman–Crippen LogP) is 0.790. The molecule has 2 N–H and O–H groups in total. The van der Waals surface area contributed by atoms with Crippen molar-refractivity contribution in [1.29, 1.82) is 0 Å².